The zero-order valence-corrected chi connectivity index (χ0v) is 20.7. The van der Waals surface area contributed by atoms with Crippen molar-refractivity contribution in [1.29, 1.82) is 0 Å². The SMILES string of the molecule is O=C(OCc1cc(C(F)(F)F)cc(C(F)(F)F)c1)c1cnc(N2CCOCC2)nc1-c1cccc2ccccc12. The fourth-order valence-corrected chi connectivity index (χ4v) is 4.40. The molecule has 2 heterocycles. The summed E-state index contributed by atoms with van der Waals surface area (Å²) in [4.78, 5) is 24.0. The van der Waals surface area contributed by atoms with Gasteiger partial charge in [-0.05, 0) is 34.5 Å². The normalized spacial score (nSPS) is 14.4. The fourth-order valence-electron chi connectivity index (χ4n) is 4.40. The van der Waals surface area contributed by atoms with Crippen molar-refractivity contribution in [3.63, 3.8) is 0 Å². The van der Waals surface area contributed by atoms with Crippen molar-refractivity contribution in [2.24, 2.45) is 0 Å². The number of carbonyl (C=O) groups is 1. The molecule has 1 fully saturated rings. The Hall–Kier alpha value is -4.19. The van der Waals surface area contributed by atoms with E-state index >= 15 is 0 Å². The van der Waals surface area contributed by atoms with Gasteiger partial charge >= 0.3 is 18.3 Å². The van der Waals surface area contributed by atoms with Gasteiger partial charge in [0.2, 0.25) is 5.95 Å². The van der Waals surface area contributed by atoms with Crippen LogP contribution in [0.15, 0.2) is 66.9 Å². The first-order valence-corrected chi connectivity index (χ1v) is 12.1. The van der Waals surface area contributed by atoms with E-state index in [0.29, 0.717) is 49.9 Å². The molecule has 0 unspecified atom stereocenters. The predicted octanol–water partition coefficient (Wildman–Crippen LogP) is 6.53. The van der Waals surface area contributed by atoms with E-state index in [1.54, 1.807) is 12.1 Å². The van der Waals surface area contributed by atoms with Crippen LogP contribution in [0.4, 0.5) is 32.3 Å². The number of hydrogen-bond donors (Lipinski definition) is 0. The number of esters is 1. The number of aromatic nitrogens is 2. The smallest absolute Gasteiger partial charge is 0.416 e. The van der Waals surface area contributed by atoms with Gasteiger partial charge in [0.05, 0.1) is 30.0 Å². The number of benzene rings is 3. The van der Waals surface area contributed by atoms with Crippen LogP contribution in [0, 0.1) is 0 Å². The molecule has 1 aliphatic rings. The van der Waals surface area contributed by atoms with Gasteiger partial charge in [-0.2, -0.15) is 26.3 Å². The third-order valence-corrected chi connectivity index (χ3v) is 6.35. The van der Waals surface area contributed by atoms with E-state index in [-0.39, 0.29) is 17.3 Å². The molecular formula is C28H21F6N3O3. The average molecular weight is 561 g/mol. The lowest BCUT2D eigenvalue weighted by atomic mass is 9.99. The Morgan fingerprint density at radius 2 is 1.55 bits per heavy atom. The summed E-state index contributed by atoms with van der Waals surface area (Å²) in [5.41, 5.74) is -2.74. The summed E-state index contributed by atoms with van der Waals surface area (Å²) in [7, 11) is 0. The van der Waals surface area contributed by atoms with Gasteiger partial charge in [0.15, 0.2) is 0 Å². The average Bonchev–Trinajstić information content (AvgIpc) is 2.94. The van der Waals surface area contributed by atoms with Gasteiger partial charge in [0, 0.05) is 24.8 Å². The summed E-state index contributed by atoms with van der Waals surface area (Å²) in [6, 6.07) is 13.9. The molecule has 6 nitrogen and oxygen atoms in total. The lowest BCUT2D eigenvalue weighted by molar-refractivity contribution is -0.143. The largest absolute Gasteiger partial charge is 0.457 e. The van der Waals surface area contributed by atoms with Gasteiger partial charge < -0.3 is 14.4 Å². The lowest BCUT2D eigenvalue weighted by Gasteiger charge is -2.27. The molecule has 3 aromatic carbocycles. The summed E-state index contributed by atoms with van der Waals surface area (Å²) in [5.74, 6) is -0.655. The van der Waals surface area contributed by atoms with Gasteiger partial charge in [-0.25, -0.2) is 14.8 Å². The van der Waals surface area contributed by atoms with Crippen molar-refractivity contribution in [3.8, 4) is 11.3 Å². The summed E-state index contributed by atoms with van der Waals surface area (Å²) in [5, 5.41) is 1.65. The van der Waals surface area contributed by atoms with Gasteiger partial charge in [-0.15, -0.1) is 0 Å². The molecule has 0 amide bonds. The molecule has 208 valence electrons. The molecule has 1 aliphatic heterocycles. The van der Waals surface area contributed by atoms with Crippen molar-refractivity contribution in [2.75, 3.05) is 31.2 Å². The zero-order chi connectivity index (χ0) is 28.5. The number of alkyl halides is 6. The molecule has 12 heteroatoms. The monoisotopic (exact) mass is 561 g/mol. The van der Waals surface area contributed by atoms with Crippen LogP contribution in [0.5, 0.6) is 0 Å². The minimum atomic E-state index is -5.02. The fraction of sp³-hybridized carbons (Fsp3) is 0.250. The Labute approximate surface area is 224 Å². The van der Waals surface area contributed by atoms with Crippen LogP contribution in [0.2, 0.25) is 0 Å². The van der Waals surface area contributed by atoms with Crippen LogP contribution in [-0.2, 0) is 28.4 Å². The van der Waals surface area contributed by atoms with Crippen LogP contribution in [0.3, 0.4) is 0 Å². The number of carbonyl (C=O) groups excluding carboxylic acids is 1. The third kappa shape index (κ3) is 5.86. The Kier molecular flexibility index (Phi) is 7.37. The maximum Gasteiger partial charge on any atom is 0.416 e. The zero-order valence-electron chi connectivity index (χ0n) is 20.7. The van der Waals surface area contributed by atoms with Crippen LogP contribution in [0.25, 0.3) is 22.0 Å². The number of hydrogen-bond acceptors (Lipinski definition) is 6. The van der Waals surface area contributed by atoms with Crippen LogP contribution >= 0.6 is 0 Å². The maximum atomic E-state index is 13.3. The predicted molar refractivity (Wildman–Crippen MR) is 134 cm³/mol. The van der Waals surface area contributed by atoms with Gasteiger partial charge in [-0.3, -0.25) is 0 Å². The minimum Gasteiger partial charge on any atom is -0.457 e. The highest BCUT2D eigenvalue weighted by molar-refractivity contribution is 6.03. The van der Waals surface area contributed by atoms with E-state index in [0.717, 1.165) is 10.8 Å². The molecule has 0 spiro atoms. The summed E-state index contributed by atoms with van der Waals surface area (Å²) < 4.78 is 90.1. The topological polar surface area (TPSA) is 64.5 Å². The number of nitrogens with zero attached hydrogens (tertiary/aromatic N) is 3. The molecule has 1 saturated heterocycles. The molecule has 1 aromatic heterocycles. The molecule has 4 aromatic rings. The van der Waals surface area contributed by atoms with Crippen molar-refractivity contribution in [3.05, 3.63) is 89.1 Å². The Bertz CT molecular complexity index is 1510. The molecule has 0 aliphatic carbocycles. The van der Waals surface area contributed by atoms with Crippen molar-refractivity contribution in [1.82, 2.24) is 9.97 Å². The summed E-state index contributed by atoms with van der Waals surface area (Å²) in [6.07, 6.45) is -8.79. The van der Waals surface area contributed by atoms with Gasteiger partial charge in [0.25, 0.3) is 0 Å². The molecule has 0 atom stereocenters. The number of morpholine rings is 1. The molecule has 5 rings (SSSR count). The van der Waals surface area contributed by atoms with Crippen LogP contribution in [0.1, 0.15) is 27.0 Å². The van der Waals surface area contributed by atoms with Crippen molar-refractivity contribution < 1.29 is 40.6 Å². The van der Waals surface area contributed by atoms with E-state index in [4.69, 9.17) is 9.47 Å². The number of fused-ring (bicyclic) bond motifs is 1. The first kappa shape index (κ1) is 27.4. The molecule has 0 N–H and O–H groups in total. The third-order valence-electron chi connectivity index (χ3n) is 6.35. The molecule has 40 heavy (non-hydrogen) atoms. The highest BCUT2D eigenvalue weighted by Crippen LogP contribution is 2.37. The second kappa shape index (κ2) is 10.8. The molecular weight excluding hydrogens is 540 g/mol. The molecule has 0 radical (unpaired) electrons. The van der Waals surface area contributed by atoms with Crippen LogP contribution < -0.4 is 4.90 Å². The van der Waals surface area contributed by atoms with Gasteiger partial charge in [0.1, 0.15) is 12.2 Å². The van der Waals surface area contributed by atoms with E-state index in [1.165, 1.54) is 6.20 Å². The van der Waals surface area contributed by atoms with Crippen molar-refractivity contribution >= 4 is 22.7 Å². The number of rotatable bonds is 5. The highest BCUT2D eigenvalue weighted by Gasteiger charge is 2.37. The summed E-state index contributed by atoms with van der Waals surface area (Å²) >= 11 is 0. The van der Waals surface area contributed by atoms with E-state index in [9.17, 15) is 31.1 Å². The number of ether oxygens (including phenoxy) is 2. The minimum absolute atomic E-state index is 0.0160. The van der Waals surface area contributed by atoms with E-state index < -0.39 is 41.6 Å². The second-order valence-electron chi connectivity index (χ2n) is 9.05. The highest BCUT2D eigenvalue weighted by atomic mass is 19.4. The first-order chi connectivity index (χ1) is 19.0. The standard InChI is InChI=1S/C28H21F6N3O3/c29-27(30,31)19-12-17(13-20(14-19)28(32,33)34)16-40-25(38)23-15-35-26(37-8-10-39-11-9-37)36-24(23)22-7-3-5-18-4-1-2-6-21(18)22/h1-7,12-15H,8-11,16H2. The van der Waals surface area contributed by atoms with Crippen LogP contribution in [-0.4, -0.2) is 42.2 Å². The van der Waals surface area contributed by atoms with Crippen molar-refractivity contribution in [2.45, 2.75) is 19.0 Å². The maximum absolute atomic E-state index is 13.3. The van der Waals surface area contributed by atoms with E-state index in [1.807, 2.05) is 35.2 Å². The number of halogens is 6. The quantitative estimate of drug-likeness (QED) is 0.204. The Balaban J connectivity index is 1.52. The first-order valence-electron chi connectivity index (χ1n) is 12.1. The molecule has 0 bridgehead atoms. The number of anilines is 1. The Morgan fingerprint density at radius 1 is 0.900 bits per heavy atom. The van der Waals surface area contributed by atoms with Gasteiger partial charge in [-0.1, -0.05) is 42.5 Å². The molecule has 0 saturated carbocycles. The lowest BCUT2D eigenvalue weighted by Crippen LogP contribution is -2.37. The summed E-state index contributed by atoms with van der Waals surface area (Å²) in [6.45, 7) is 1.15. The Morgan fingerprint density at radius 3 is 2.23 bits per heavy atom. The second-order valence-corrected chi connectivity index (χ2v) is 9.05. The van der Waals surface area contributed by atoms with E-state index in [2.05, 4.69) is 9.97 Å².